The lowest BCUT2D eigenvalue weighted by Crippen LogP contribution is -2.23. The first-order valence-electron chi connectivity index (χ1n) is 7.46. The number of hydrogen-bond acceptors (Lipinski definition) is 5. The van der Waals surface area contributed by atoms with Crippen LogP contribution in [0.5, 0.6) is 11.5 Å². The summed E-state index contributed by atoms with van der Waals surface area (Å²) in [5, 5.41) is 8.54. The molecule has 3 rings (SSSR count). The minimum absolute atomic E-state index is 0.416. The summed E-state index contributed by atoms with van der Waals surface area (Å²) in [6.45, 7) is 0.685. The highest BCUT2D eigenvalue weighted by atomic mass is 16.5. The SMILES string of the molecule is COc1cccc2c1OC[C@H](Cc1ccc(N(C)C)nn1)C2. The molecule has 1 atom stereocenters. The second-order valence-electron chi connectivity index (χ2n) is 5.81. The molecule has 0 saturated carbocycles. The number of fused-ring (bicyclic) bond motifs is 1. The Morgan fingerprint density at radius 3 is 2.77 bits per heavy atom. The van der Waals surface area contributed by atoms with Gasteiger partial charge in [0.15, 0.2) is 17.3 Å². The van der Waals surface area contributed by atoms with Crippen LogP contribution in [0.25, 0.3) is 0 Å². The van der Waals surface area contributed by atoms with E-state index in [1.807, 2.05) is 43.3 Å². The molecule has 2 aromatic rings. The van der Waals surface area contributed by atoms with E-state index in [1.165, 1.54) is 5.56 Å². The molecule has 0 aliphatic carbocycles. The molecule has 116 valence electrons. The number of anilines is 1. The third-order valence-electron chi connectivity index (χ3n) is 3.91. The Kier molecular flexibility index (Phi) is 4.13. The first kappa shape index (κ1) is 14.6. The van der Waals surface area contributed by atoms with Gasteiger partial charge < -0.3 is 14.4 Å². The van der Waals surface area contributed by atoms with Crippen molar-refractivity contribution in [1.82, 2.24) is 10.2 Å². The van der Waals surface area contributed by atoms with Gasteiger partial charge in [0.2, 0.25) is 0 Å². The van der Waals surface area contributed by atoms with Crippen molar-refractivity contribution in [1.29, 1.82) is 0 Å². The number of nitrogens with zero attached hydrogens (tertiary/aromatic N) is 3. The third kappa shape index (κ3) is 2.98. The van der Waals surface area contributed by atoms with Gasteiger partial charge in [-0.05, 0) is 36.6 Å². The van der Waals surface area contributed by atoms with Crippen LogP contribution in [-0.4, -0.2) is 38.0 Å². The van der Waals surface area contributed by atoms with E-state index in [0.29, 0.717) is 12.5 Å². The second kappa shape index (κ2) is 6.22. The van der Waals surface area contributed by atoms with Crippen LogP contribution in [0, 0.1) is 5.92 Å². The summed E-state index contributed by atoms with van der Waals surface area (Å²) in [6, 6.07) is 10.1. The van der Waals surface area contributed by atoms with Crippen LogP contribution in [0.3, 0.4) is 0 Å². The van der Waals surface area contributed by atoms with Crippen LogP contribution in [0.4, 0.5) is 5.82 Å². The van der Waals surface area contributed by atoms with Gasteiger partial charge in [0, 0.05) is 20.0 Å². The van der Waals surface area contributed by atoms with Gasteiger partial charge in [-0.2, -0.15) is 5.10 Å². The molecule has 1 aromatic carbocycles. The quantitative estimate of drug-likeness (QED) is 0.867. The summed E-state index contributed by atoms with van der Waals surface area (Å²) < 4.78 is 11.3. The smallest absolute Gasteiger partial charge is 0.164 e. The van der Waals surface area contributed by atoms with E-state index in [1.54, 1.807) is 7.11 Å². The summed E-state index contributed by atoms with van der Waals surface area (Å²) in [7, 11) is 5.60. The topological polar surface area (TPSA) is 47.5 Å². The van der Waals surface area contributed by atoms with Gasteiger partial charge in [-0.3, -0.25) is 0 Å². The highest BCUT2D eigenvalue weighted by Crippen LogP contribution is 2.36. The molecule has 0 spiro atoms. The molecule has 0 unspecified atom stereocenters. The average molecular weight is 299 g/mol. The van der Waals surface area contributed by atoms with Crippen molar-refractivity contribution in [3.05, 3.63) is 41.6 Å². The maximum Gasteiger partial charge on any atom is 0.164 e. The molecule has 0 bridgehead atoms. The lowest BCUT2D eigenvalue weighted by atomic mass is 9.92. The summed E-state index contributed by atoms with van der Waals surface area (Å²) >= 11 is 0. The lowest BCUT2D eigenvalue weighted by molar-refractivity contribution is 0.210. The maximum atomic E-state index is 5.91. The monoisotopic (exact) mass is 299 g/mol. The van der Waals surface area contributed by atoms with Gasteiger partial charge in [0.05, 0.1) is 19.4 Å². The summed E-state index contributed by atoms with van der Waals surface area (Å²) in [5.41, 5.74) is 2.21. The number of hydrogen-bond donors (Lipinski definition) is 0. The number of aromatic nitrogens is 2. The standard InChI is InChI=1S/C17H21N3O2/c1-20(2)16-8-7-14(18-19-16)10-12-9-13-5-4-6-15(21-3)17(13)22-11-12/h4-8,12H,9-11H2,1-3H3/t12-/m0/s1. The van der Waals surface area contributed by atoms with E-state index in [9.17, 15) is 0 Å². The van der Waals surface area contributed by atoms with E-state index >= 15 is 0 Å². The first-order chi connectivity index (χ1) is 10.7. The van der Waals surface area contributed by atoms with E-state index in [-0.39, 0.29) is 0 Å². The molecule has 0 N–H and O–H groups in total. The minimum atomic E-state index is 0.416. The lowest BCUT2D eigenvalue weighted by Gasteiger charge is -2.26. The molecule has 1 aliphatic heterocycles. The highest BCUT2D eigenvalue weighted by Gasteiger charge is 2.23. The zero-order valence-corrected chi connectivity index (χ0v) is 13.2. The predicted molar refractivity (Wildman–Crippen MR) is 85.7 cm³/mol. The Morgan fingerprint density at radius 1 is 1.23 bits per heavy atom. The van der Waals surface area contributed by atoms with Crippen molar-refractivity contribution in [2.75, 3.05) is 32.7 Å². The molecule has 0 fully saturated rings. The fraction of sp³-hybridized carbons (Fsp3) is 0.412. The van der Waals surface area contributed by atoms with Crippen molar-refractivity contribution in [3.63, 3.8) is 0 Å². The fourth-order valence-corrected chi connectivity index (χ4v) is 2.74. The number of benzene rings is 1. The van der Waals surface area contributed by atoms with Gasteiger partial charge in [-0.25, -0.2) is 0 Å². The van der Waals surface area contributed by atoms with Crippen molar-refractivity contribution in [2.45, 2.75) is 12.8 Å². The molecule has 22 heavy (non-hydrogen) atoms. The molecular weight excluding hydrogens is 278 g/mol. The molecule has 0 amide bonds. The Hall–Kier alpha value is -2.30. The maximum absolute atomic E-state index is 5.91. The Morgan fingerprint density at radius 2 is 2.09 bits per heavy atom. The molecule has 1 aromatic heterocycles. The van der Waals surface area contributed by atoms with Crippen molar-refractivity contribution < 1.29 is 9.47 Å². The molecule has 2 heterocycles. The van der Waals surface area contributed by atoms with Crippen LogP contribution < -0.4 is 14.4 Å². The van der Waals surface area contributed by atoms with Crippen molar-refractivity contribution in [3.8, 4) is 11.5 Å². The zero-order valence-electron chi connectivity index (χ0n) is 13.2. The average Bonchev–Trinajstić information content (AvgIpc) is 2.54. The normalized spacial score (nSPS) is 16.6. The van der Waals surface area contributed by atoms with E-state index in [0.717, 1.165) is 35.9 Å². The fourth-order valence-electron chi connectivity index (χ4n) is 2.74. The summed E-state index contributed by atoms with van der Waals surface area (Å²) in [4.78, 5) is 1.95. The van der Waals surface area contributed by atoms with Crippen molar-refractivity contribution >= 4 is 5.82 Å². The number of ether oxygens (including phenoxy) is 2. The number of para-hydroxylation sites is 1. The van der Waals surface area contributed by atoms with E-state index in [2.05, 4.69) is 16.3 Å². The number of rotatable bonds is 4. The van der Waals surface area contributed by atoms with Crippen LogP contribution in [0.2, 0.25) is 0 Å². The van der Waals surface area contributed by atoms with Gasteiger partial charge in [0.25, 0.3) is 0 Å². The molecule has 5 heteroatoms. The molecule has 1 aliphatic rings. The summed E-state index contributed by atoms with van der Waals surface area (Å²) in [5.74, 6) is 2.99. The number of methoxy groups -OCH3 is 1. The largest absolute Gasteiger partial charge is 0.493 e. The Balaban J connectivity index is 1.70. The molecule has 0 radical (unpaired) electrons. The van der Waals surface area contributed by atoms with Crippen LogP contribution >= 0.6 is 0 Å². The first-order valence-corrected chi connectivity index (χ1v) is 7.46. The second-order valence-corrected chi connectivity index (χ2v) is 5.81. The summed E-state index contributed by atoms with van der Waals surface area (Å²) in [6.07, 6.45) is 1.85. The van der Waals surface area contributed by atoms with Crippen LogP contribution in [0.15, 0.2) is 30.3 Å². The van der Waals surface area contributed by atoms with Crippen LogP contribution in [0.1, 0.15) is 11.3 Å². The van der Waals surface area contributed by atoms with Gasteiger partial charge in [-0.15, -0.1) is 5.10 Å². The van der Waals surface area contributed by atoms with E-state index < -0.39 is 0 Å². The predicted octanol–water partition coefficient (Wildman–Crippen LogP) is 2.35. The van der Waals surface area contributed by atoms with Gasteiger partial charge >= 0.3 is 0 Å². The molecule has 0 saturated heterocycles. The Bertz CT molecular complexity index is 641. The Labute approximate surface area is 130 Å². The molecule has 5 nitrogen and oxygen atoms in total. The van der Waals surface area contributed by atoms with E-state index in [4.69, 9.17) is 9.47 Å². The van der Waals surface area contributed by atoms with Crippen molar-refractivity contribution in [2.24, 2.45) is 5.92 Å². The minimum Gasteiger partial charge on any atom is -0.493 e. The van der Waals surface area contributed by atoms with Crippen LogP contribution in [-0.2, 0) is 12.8 Å². The van der Waals surface area contributed by atoms with Gasteiger partial charge in [0.1, 0.15) is 0 Å². The zero-order chi connectivity index (χ0) is 15.5. The van der Waals surface area contributed by atoms with Gasteiger partial charge in [-0.1, -0.05) is 12.1 Å². The highest BCUT2D eigenvalue weighted by molar-refractivity contribution is 5.47. The third-order valence-corrected chi connectivity index (χ3v) is 3.91. The molecular formula is C17H21N3O2.